The van der Waals surface area contributed by atoms with Gasteiger partial charge in [0, 0.05) is 30.3 Å². The minimum absolute atomic E-state index is 0.0122. The SMILES string of the molecule is CC(C)(C)CCN(O)C[C@@H]1C[C@H]2[C@@H]3C[C@H](F)C4=CC(=O)C=C[C@]4(C)[C@@]3(F)[C@@H](O)C[C@]2(C)[C@H]1C(=O)SCF. The molecule has 5 nitrogen and oxygen atoms in total. The standard InChI is InChI=1S/C28H40F3NO4S/c1-25(2,3)8-9-32(36)14-16-10-18-19-12-21(30)20-11-17(33)6-7-27(20,5)28(19,31)22(34)13-26(18,4)23(16)24(35)37-15-29/h6-7,11,16,18-19,21-23,34,36H,8-10,12-15H2,1-5H3/t16-,18-,19-,21-,22-,23+,26-,27-,28-/m0/s1. The average Bonchev–Trinajstić information content (AvgIpc) is 3.07. The molecule has 2 N–H and O–H groups in total. The zero-order valence-electron chi connectivity index (χ0n) is 22.3. The van der Waals surface area contributed by atoms with Crippen molar-refractivity contribution in [1.29, 1.82) is 0 Å². The summed E-state index contributed by atoms with van der Waals surface area (Å²) in [5.41, 5.74) is -4.57. The monoisotopic (exact) mass is 543 g/mol. The molecular formula is C28H40F3NO4S. The number of carbonyl (C=O) groups is 2. The Hall–Kier alpha value is -1.16. The number of aliphatic hydroxyl groups is 1. The van der Waals surface area contributed by atoms with Crippen LogP contribution in [0.15, 0.2) is 23.8 Å². The van der Waals surface area contributed by atoms with E-state index in [2.05, 4.69) is 20.8 Å². The molecule has 0 spiro atoms. The summed E-state index contributed by atoms with van der Waals surface area (Å²) >= 11 is 0.566. The molecule has 4 rings (SSSR count). The molecular weight excluding hydrogens is 503 g/mol. The number of halogens is 3. The molecule has 0 saturated heterocycles. The molecule has 0 unspecified atom stereocenters. The fraction of sp³-hybridized carbons (Fsp3) is 0.786. The number of thioether (sulfide) groups is 1. The number of carbonyl (C=O) groups excluding carboxylic acids is 2. The van der Waals surface area contributed by atoms with Gasteiger partial charge >= 0.3 is 0 Å². The molecule has 0 bridgehead atoms. The second-order valence-electron chi connectivity index (χ2n) is 13.2. The lowest BCUT2D eigenvalue weighted by molar-refractivity contribution is -0.201. The lowest BCUT2D eigenvalue weighted by Gasteiger charge is -2.62. The van der Waals surface area contributed by atoms with Crippen LogP contribution >= 0.6 is 11.8 Å². The predicted octanol–water partition coefficient (Wildman–Crippen LogP) is 5.46. The van der Waals surface area contributed by atoms with Crippen LogP contribution in [-0.4, -0.2) is 63.3 Å². The summed E-state index contributed by atoms with van der Waals surface area (Å²) in [4.78, 5) is 25.3. The van der Waals surface area contributed by atoms with Crippen molar-refractivity contribution in [3.05, 3.63) is 23.8 Å². The molecule has 0 heterocycles. The zero-order chi connectivity index (χ0) is 27.6. The number of rotatable bonds is 6. The number of ketones is 1. The van der Waals surface area contributed by atoms with Gasteiger partial charge in [0.05, 0.1) is 6.10 Å². The van der Waals surface area contributed by atoms with E-state index in [1.54, 1.807) is 6.92 Å². The smallest absolute Gasteiger partial charge is 0.195 e. The Kier molecular flexibility index (Phi) is 7.63. The molecule has 0 aromatic carbocycles. The van der Waals surface area contributed by atoms with Crippen molar-refractivity contribution in [2.75, 3.05) is 19.1 Å². The van der Waals surface area contributed by atoms with Gasteiger partial charge in [-0.05, 0) is 73.0 Å². The highest BCUT2D eigenvalue weighted by Crippen LogP contribution is 2.70. The Labute approximate surface area is 221 Å². The van der Waals surface area contributed by atoms with Gasteiger partial charge in [-0.3, -0.25) is 9.59 Å². The van der Waals surface area contributed by atoms with Gasteiger partial charge < -0.3 is 10.3 Å². The third kappa shape index (κ3) is 4.66. The normalized spacial score (nSPS) is 43.3. The molecule has 0 amide bonds. The van der Waals surface area contributed by atoms with Crippen LogP contribution in [0.3, 0.4) is 0 Å². The number of aliphatic hydroxyl groups excluding tert-OH is 1. The Balaban J connectivity index is 1.71. The summed E-state index contributed by atoms with van der Waals surface area (Å²) in [7, 11) is 0. The van der Waals surface area contributed by atoms with E-state index in [-0.39, 0.29) is 35.5 Å². The minimum Gasteiger partial charge on any atom is -0.390 e. The fourth-order valence-electron chi connectivity index (χ4n) is 8.00. The maximum absolute atomic E-state index is 17.3. The van der Waals surface area contributed by atoms with Crippen molar-refractivity contribution < 1.29 is 33.1 Å². The Morgan fingerprint density at radius 1 is 1.24 bits per heavy atom. The third-order valence-corrected chi connectivity index (χ3v) is 10.5. The first kappa shape index (κ1) is 28.8. The maximum Gasteiger partial charge on any atom is 0.195 e. The lowest BCUT2D eigenvalue weighted by atomic mass is 9.45. The second kappa shape index (κ2) is 9.79. The van der Waals surface area contributed by atoms with E-state index < -0.39 is 64.2 Å². The quantitative estimate of drug-likeness (QED) is 0.433. The van der Waals surface area contributed by atoms with Gasteiger partial charge in [0.15, 0.2) is 16.6 Å². The molecule has 4 aliphatic rings. The van der Waals surface area contributed by atoms with Gasteiger partial charge in [-0.2, -0.15) is 5.06 Å². The average molecular weight is 544 g/mol. The van der Waals surface area contributed by atoms with E-state index in [1.165, 1.54) is 17.2 Å². The van der Waals surface area contributed by atoms with Crippen LogP contribution in [0.5, 0.6) is 0 Å². The molecule has 0 aliphatic heterocycles. The fourth-order valence-corrected chi connectivity index (χ4v) is 8.75. The molecule has 3 saturated carbocycles. The summed E-state index contributed by atoms with van der Waals surface area (Å²) in [5, 5.41) is 22.9. The van der Waals surface area contributed by atoms with Crippen molar-refractivity contribution in [2.24, 2.45) is 39.9 Å². The van der Waals surface area contributed by atoms with E-state index in [4.69, 9.17) is 0 Å². The number of hydrogen-bond donors (Lipinski definition) is 2. The lowest BCUT2D eigenvalue weighted by Crippen LogP contribution is -2.68. The van der Waals surface area contributed by atoms with Crippen LogP contribution in [0.1, 0.15) is 60.3 Å². The van der Waals surface area contributed by atoms with E-state index in [9.17, 15) is 24.3 Å². The molecule has 4 aliphatic carbocycles. The number of hydroxylamine groups is 2. The van der Waals surface area contributed by atoms with Crippen molar-refractivity contribution in [2.45, 2.75) is 78.2 Å². The van der Waals surface area contributed by atoms with Crippen molar-refractivity contribution in [1.82, 2.24) is 5.06 Å². The summed E-state index contributed by atoms with van der Waals surface area (Å²) in [6.45, 7) is 10.1. The molecule has 0 radical (unpaired) electrons. The van der Waals surface area contributed by atoms with Crippen molar-refractivity contribution >= 4 is 22.7 Å². The van der Waals surface area contributed by atoms with Crippen LogP contribution in [0, 0.1) is 39.9 Å². The highest BCUT2D eigenvalue weighted by molar-refractivity contribution is 8.13. The topological polar surface area (TPSA) is 77.8 Å². The van der Waals surface area contributed by atoms with Crippen LogP contribution in [0.4, 0.5) is 13.2 Å². The van der Waals surface area contributed by atoms with Gasteiger partial charge in [-0.1, -0.05) is 45.5 Å². The molecule has 9 atom stereocenters. The highest BCUT2D eigenvalue weighted by Gasteiger charge is 2.73. The highest BCUT2D eigenvalue weighted by atomic mass is 32.2. The maximum atomic E-state index is 17.3. The Bertz CT molecular complexity index is 998. The van der Waals surface area contributed by atoms with Gasteiger partial charge in [-0.15, -0.1) is 0 Å². The van der Waals surface area contributed by atoms with Crippen molar-refractivity contribution in [3.8, 4) is 0 Å². The van der Waals surface area contributed by atoms with Crippen LogP contribution in [0.2, 0.25) is 0 Å². The third-order valence-electron chi connectivity index (χ3n) is 9.82. The Morgan fingerprint density at radius 2 is 1.92 bits per heavy atom. The molecule has 3 fully saturated rings. The molecule has 0 aromatic heterocycles. The zero-order valence-corrected chi connectivity index (χ0v) is 23.2. The summed E-state index contributed by atoms with van der Waals surface area (Å²) in [6, 6.07) is -0.897. The number of fused-ring (bicyclic) bond motifs is 5. The molecule has 208 valence electrons. The first-order chi connectivity index (χ1) is 17.1. The van der Waals surface area contributed by atoms with Gasteiger partial charge in [0.2, 0.25) is 0 Å². The molecule has 0 aromatic rings. The van der Waals surface area contributed by atoms with Gasteiger partial charge in [0.1, 0.15) is 12.2 Å². The summed E-state index contributed by atoms with van der Waals surface area (Å²) < 4.78 is 46.2. The van der Waals surface area contributed by atoms with Crippen molar-refractivity contribution in [3.63, 3.8) is 0 Å². The van der Waals surface area contributed by atoms with Gasteiger partial charge in [-0.25, -0.2) is 13.2 Å². The predicted molar refractivity (Wildman–Crippen MR) is 137 cm³/mol. The molecule has 37 heavy (non-hydrogen) atoms. The van der Waals surface area contributed by atoms with Crippen LogP contribution in [-0.2, 0) is 9.59 Å². The van der Waals surface area contributed by atoms with E-state index in [1.807, 2.05) is 6.92 Å². The number of alkyl halides is 3. The molecule has 9 heteroatoms. The van der Waals surface area contributed by atoms with Crippen LogP contribution < -0.4 is 0 Å². The second-order valence-corrected chi connectivity index (χ2v) is 14.1. The minimum atomic E-state index is -2.23. The first-order valence-corrected chi connectivity index (χ1v) is 14.2. The van der Waals surface area contributed by atoms with E-state index in [0.29, 0.717) is 31.1 Å². The summed E-state index contributed by atoms with van der Waals surface area (Å²) in [6.07, 6.45) is 1.55. The largest absolute Gasteiger partial charge is 0.390 e. The summed E-state index contributed by atoms with van der Waals surface area (Å²) in [5.74, 6) is -2.88. The first-order valence-electron chi connectivity index (χ1n) is 13.2. The van der Waals surface area contributed by atoms with E-state index >= 15 is 8.78 Å². The van der Waals surface area contributed by atoms with E-state index in [0.717, 1.165) is 6.08 Å². The Morgan fingerprint density at radius 3 is 2.54 bits per heavy atom. The number of hydrogen-bond acceptors (Lipinski definition) is 6. The number of allylic oxidation sites excluding steroid dienone is 4. The number of nitrogens with zero attached hydrogens (tertiary/aromatic N) is 1. The van der Waals surface area contributed by atoms with Gasteiger partial charge in [0.25, 0.3) is 0 Å². The van der Waals surface area contributed by atoms with Crippen LogP contribution in [0.25, 0.3) is 0 Å².